The molecule has 1 aromatic carbocycles. The molecule has 0 aliphatic carbocycles. The van der Waals surface area contributed by atoms with E-state index in [1.807, 2.05) is 6.07 Å². The van der Waals surface area contributed by atoms with Crippen LogP contribution in [0.5, 0.6) is 0 Å². The number of pyridine rings is 1. The number of fused-ring (bicyclic) bond motifs is 1. The molecule has 0 aliphatic heterocycles. The third-order valence-corrected chi connectivity index (χ3v) is 3.59. The molecule has 0 atom stereocenters. The normalized spacial score (nSPS) is 10.7. The topological polar surface area (TPSA) is 88.8 Å². The summed E-state index contributed by atoms with van der Waals surface area (Å²) in [6.07, 6.45) is 3.27. The Kier molecular flexibility index (Phi) is 3.31. The van der Waals surface area contributed by atoms with Gasteiger partial charge in [-0.25, -0.2) is 4.98 Å². The largest absolute Gasteiger partial charge is 0.366 e. The monoisotopic (exact) mass is 343 g/mol. The molecule has 6 heteroatoms. The van der Waals surface area contributed by atoms with Crippen LogP contribution in [0.3, 0.4) is 0 Å². The van der Waals surface area contributed by atoms with Crippen molar-refractivity contribution in [3.8, 4) is 0 Å². The Bertz CT molecular complexity index is 870. The van der Waals surface area contributed by atoms with Crippen molar-refractivity contribution in [2.24, 2.45) is 5.73 Å². The minimum absolute atomic E-state index is 0.191. The lowest BCUT2D eigenvalue weighted by Crippen LogP contribution is -2.12. The molecule has 5 nitrogen and oxygen atoms in total. The van der Waals surface area contributed by atoms with Crippen LogP contribution in [-0.2, 0) is 0 Å². The van der Waals surface area contributed by atoms with Gasteiger partial charge >= 0.3 is 0 Å². The third-order valence-electron chi connectivity index (χ3n) is 3.15. The average Bonchev–Trinajstić information content (AvgIpc) is 2.89. The van der Waals surface area contributed by atoms with Gasteiger partial charge in [0.15, 0.2) is 5.78 Å². The highest BCUT2D eigenvalue weighted by Gasteiger charge is 2.16. The number of hydrogen-bond donors (Lipinski definition) is 2. The van der Waals surface area contributed by atoms with Gasteiger partial charge in [0.2, 0.25) is 5.91 Å². The molecule has 0 saturated carbocycles. The zero-order valence-electron chi connectivity index (χ0n) is 10.8. The Morgan fingerprint density at radius 1 is 1.19 bits per heavy atom. The maximum Gasteiger partial charge on any atom is 0.248 e. The number of aromatic nitrogens is 2. The van der Waals surface area contributed by atoms with Crippen LogP contribution in [0.25, 0.3) is 11.0 Å². The van der Waals surface area contributed by atoms with Crippen LogP contribution in [0.1, 0.15) is 26.3 Å². The van der Waals surface area contributed by atoms with Gasteiger partial charge in [-0.1, -0.05) is 12.1 Å². The number of halogens is 1. The summed E-state index contributed by atoms with van der Waals surface area (Å²) in [4.78, 5) is 31.0. The first-order valence-corrected chi connectivity index (χ1v) is 6.93. The molecule has 0 saturated heterocycles. The molecule has 2 aromatic heterocycles. The maximum absolute atomic E-state index is 12.6. The van der Waals surface area contributed by atoms with Crippen LogP contribution in [0.2, 0.25) is 0 Å². The van der Waals surface area contributed by atoms with E-state index in [2.05, 4.69) is 25.9 Å². The highest BCUT2D eigenvalue weighted by molar-refractivity contribution is 9.10. The summed E-state index contributed by atoms with van der Waals surface area (Å²) in [5.74, 6) is -0.753. The number of carbonyl (C=O) groups excluding carboxylic acids is 2. The Balaban J connectivity index is 2.10. The summed E-state index contributed by atoms with van der Waals surface area (Å²) in [5.41, 5.74) is 7.09. The number of carbonyl (C=O) groups is 2. The Morgan fingerprint density at radius 2 is 1.95 bits per heavy atom. The minimum atomic E-state index is -0.562. The van der Waals surface area contributed by atoms with Gasteiger partial charge in [0.25, 0.3) is 0 Å². The van der Waals surface area contributed by atoms with Gasteiger partial charge in [0.1, 0.15) is 5.65 Å². The summed E-state index contributed by atoms with van der Waals surface area (Å²) < 4.78 is 0.787. The van der Waals surface area contributed by atoms with Crippen molar-refractivity contribution < 1.29 is 9.59 Å². The number of ketones is 1. The molecule has 3 aromatic rings. The predicted octanol–water partition coefficient (Wildman–Crippen LogP) is 2.66. The second-order valence-electron chi connectivity index (χ2n) is 4.53. The number of primary amides is 1. The van der Waals surface area contributed by atoms with Gasteiger partial charge in [0.05, 0.1) is 0 Å². The van der Waals surface area contributed by atoms with E-state index in [1.54, 1.807) is 30.6 Å². The Morgan fingerprint density at radius 3 is 2.71 bits per heavy atom. The van der Waals surface area contributed by atoms with E-state index < -0.39 is 5.91 Å². The molecule has 21 heavy (non-hydrogen) atoms. The minimum Gasteiger partial charge on any atom is -0.366 e. The number of nitrogens with two attached hydrogens (primary N) is 1. The lowest BCUT2D eigenvalue weighted by atomic mass is 10.0. The molecular weight excluding hydrogens is 334 g/mol. The molecule has 0 fully saturated rings. The molecule has 3 rings (SSSR count). The average molecular weight is 344 g/mol. The lowest BCUT2D eigenvalue weighted by molar-refractivity contribution is 0.1000. The van der Waals surface area contributed by atoms with Gasteiger partial charge in [-0.05, 0) is 34.1 Å². The summed E-state index contributed by atoms with van der Waals surface area (Å²) in [6.45, 7) is 0. The van der Waals surface area contributed by atoms with E-state index in [4.69, 9.17) is 5.73 Å². The summed E-state index contributed by atoms with van der Waals surface area (Å²) in [6, 6.07) is 8.18. The smallest absolute Gasteiger partial charge is 0.248 e. The first kappa shape index (κ1) is 13.5. The van der Waals surface area contributed by atoms with Crippen LogP contribution < -0.4 is 5.73 Å². The van der Waals surface area contributed by atoms with Crippen LogP contribution in [0.15, 0.2) is 47.2 Å². The number of nitrogens with zero attached hydrogens (tertiary/aromatic N) is 1. The van der Waals surface area contributed by atoms with E-state index in [9.17, 15) is 9.59 Å². The quantitative estimate of drug-likeness (QED) is 0.716. The lowest BCUT2D eigenvalue weighted by Gasteiger charge is -2.02. The highest BCUT2D eigenvalue weighted by Crippen LogP contribution is 2.23. The predicted molar refractivity (Wildman–Crippen MR) is 82.2 cm³/mol. The molecule has 0 aliphatic rings. The fourth-order valence-electron chi connectivity index (χ4n) is 2.13. The summed E-state index contributed by atoms with van der Waals surface area (Å²) >= 11 is 3.34. The van der Waals surface area contributed by atoms with Crippen molar-refractivity contribution in [1.82, 2.24) is 9.97 Å². The zero-order chi connectivity index (χ0) is 15.0. The number of H-pyrrole nitrogens is 1. The number of benzene rings is 1. The van der Waals surface area contributed by atoms with Crippen molar-refractivity contribution in [2.45, 2.75) is 0 Å². The standard InChI is InChI=1S/C15H10BrN3O2/c16-10-5-11-12(7-19-15(11)18-6-10)13(20)8-2-1-3-9(4-8)14(17)21/h1-7H,(H2,17,21)(H,18,19). The van der Waals surface area contributed by atoms with E-state index in [0.29, 0.717) is 22.3 Å². The molecule has 3 N–H and O–H groups in total. The molecule has 0 bridgehead atoms. The van der Waals surface area contributed by atoms with Gasteiger partial charge in [0, 0.05) is 38.9 Å². The van der Waals surface area contributed by atoms with Gasteiger partial charge in [-0.15, -0.1) is 0 Å². The Hall–Kier alpha value is -2.47. The molecule has 2 heterocycles. The summed E-state index contributed by atoms with van der Waals surface area (Å²) in [5, 5.41) is 0.721. The zero-order valence-corrected chi connectivity index (χ0v) is 12.3. The van der Waals surface area contributed by atoms with Crippen LogP contribution in [0.4, 0.5) is 0 Å². The molecular formula is C15H10BrN3O2. The summed E-state index contributed by atoms with van der Waals surface area (Å²) in [7, 11) is 0. The van der Waals surface area contributed by atoms with Crippen LogP contribution >= 0.6 is 15.9 Å². The van der Waals surface area contributed by atoms with Crippen LogP contribution in [-0.4, -0.2) is 21.7 Å². The molecule has 0 radical (unpaired) electrons. The maximum atomic E-state index is 12.6. The van der Waals surface area contributed by atoms with Crippen LogP contribution in [0, 0.1) is 0 Å². The van der Waals surface area contributed by atoms with Gasteiger partial charge in [-0.3, -0.25) is 9.59 Å². The number of amides is 1. The van der Waals surface area contributed by atoms with Crippen molar-refractivity contribution in [1.29, 1.82) is 0 Å². The number of aromatic amines is 1. The fraction of sp³-hybridized carbons (Fsp3) is 0. The molecule has 104 valence electrons. The number of rotatable bonds is 3. The van der Waals surface area contributed by atoms with Crippen molar-refractivity contribution in [3.05, 3.63) is 63.9 Å². The molecule has 0 spiro atoms. The SMILES string of the molecule is NC(=O)c1cccc(C(=O)c2c[nH]c3ncc(Br)cc23)c1. The number of nitrogens with one attached hydrogen (secondary N) is 1. The second kappa shape index (κ2) is 5.14. The van der Waals surface area contributed by atoms with Gasteiger partial charge < -0.3 is 10.7 Å². The first-order valence-electron chi connectivity index (χ1n) is 6.13. The highest BCUT2D eigenvalue weighted by atomic mass is 79.9. The third kappa shape index (κ3) is 2.45. The Labute approximate surface area is 128 Å². The number of hydrogen-bond acceptors (Lipinski definition) is 3. The van der Waals surface area contributed by atoms with E-state index in [-0.39, 0.29) is 5.78 Å². The molecule has 1 amide bonds. The van der Waals surface area contributed by atoms with Crippen molar-refractivity contribution >= 4 is 38.7 Å². The van der Waals surface area contributed by atoms with Crippen molar-refractivity contribution in [2.75, 3.05) is 0 Å². The molecule has 0 unspecified atom stereocenters. The fourth-order valence-corrected chi connectivity index (χ4v) is 2.47. The van der Waals surface area contributed by atoms with E-state index >= 15 is 0 Å². The van der Waals surface area contributed by atoms with Gasteiger partial charge in [-0.2, -0.15) is 0 Å². The second-order valence-corrected chi connectivity index (χ2v) is 5.44. The van der Waals surface area contributed by atoms with E-state index in [1.165, 1.54) is 6.07 Å². The first-order chi connectivity index (χ1) is 10.1. The van der Waals surface area contributed by atoms with Crippen molar-refractivity contribution in [3.63, 3.8) is 0 Å². The van der Waals surface area contributed by atoms with E-state index in [0.717, 1.165) is 9.86 Å².